The van der Waals surface area contributed by atoms with Gasteiger partial charge in [0.05, 0.1) is 10.0 Å². The Bertz CT molecular complexity index is 677. The van der Waals surface area contributed by atoms with Crippen LogP contribution in [0.25, 0.3) is 0 Å². The molecule has 3 nitrogen and oxygen atoms in total. The number of nitrogens with two attached hydrogens (primary N) is 1. The highest BCUT2D eigenvalue weighted by molar-refractivity contribution is 9.10. The quantitative estimate of drug-likeness (QED) is 0.768. The third-order valence-electron chi connectivity index (χ3n) is 2.97. The molecule has 0 heterocycles. The first-order valence-corrected chi connectivity index (χ1v) is 7.80. The summed E-state index contributed by atoms with van der Waals surface area (Å²) < 4.78 is 0.604. The van der Waals surface area contributed by atoms with Gasteiger partial charge in [0, 0.05) is 22.3 Å². The van der Waals surface area contributed by atoms with Crippen LogP contribution in [0.5, 0.6) is 0 Å². The molecule has 0 unspecified atom stereocenters. The summed E-state index contributed by atoms with van der Waals surface area (Å²) in [4.78, 5) is 12.1. The van der Waals surface area contributed by atoms with Crippen LogP contribution in [0, 0.1) is 0 Å². The van der Waals surface area contributed by atoms with Gasteiger partial charge in [0.1, 0.15) is 0 Å². The van der Waals surface area contributed by atoms with E-state index in [9.17, 15) is 4.79 Å². The van der Waals surface area contributed by atoms with E-state index in [1.807, 2.05) is 6.07 Å². The lowest BCUT2D eigenvalue weighted by molar-refractivity contribution is 0.0953. The second-order valence-electron chi connectivity index (χ2n) is 4.45. The Labute approximate surface area is 141 Å². The Balaban J connectivity index is 1.97. The van der Waals surface area contributed by atoms with Gasteiger partial charge in [0.25, 0.3) is 5.91 Å². The predicted molar refractivity (Wildman–Crippen MR) is 91.1 cm³/mol. The van der Waals surface area contributed by atoms with Crippen molar-refractivity contribution in [3.05, 3.63) is 62.0 Å². The number of carbonyl (C=O) groups excluding carboxylic acids is 1. The van der Waals surface area contributed by atoms with E-state index < -0.39 is 0 Å². The highest BCUT2D eigenvalue weighted by Gasteiger charge is 2.11. The number of amides is 1. The van der Waals surface area contributed by atoms with Crippen LogP contribution in [-0.2, 0) is 6.42 Å². The lowest BCUT2D eigenvalue weighted by Gasteiger charge is -2.09. The Morgan fingerprint density at radius 3 is 2.71 bits per heavy atom. The number of nitrogens with one attached hydrogen (secondary N) is 1. The number of benzene rings is 2. The van der Waals surface area contributed by atoms with Crippen LogP contribution >= 0.6 is 39.1 Å². The summed E-state index contributed by atoms with van der Waals surface area (Å²) in [5.41, 5.74) is 7.74. The van der Waals surface area contributed by atoms with E-state index in [1.165, 1.54) is 0 Å². The fourth-order valence-corrected chi connectivity index (χ4v) is 2.80. The summed E-state index contributed by atoms with van der Waals surface area (Å²) in [5, 5.41) is 4.03. The zero-order chi connectivity index (χ0) is 15.4. The molecular weight excluding hydrogens is 375 g/mol. The third kappa shape index (κ3) is 4.13. The maximum atomic E-state index is 12.1. The standard InChI is InChI=1S/C15H13BrCl2N2O/c16-14-11(2-1-3-13(14)19)15(21)20-7-6-9-4-5-10(17)8-12(9)18/h1-5,8H,6-7,19H2,(H,20,21). The number of hydrogen-bond acceptors (Lipinski definition) is 2. The number of nitrogen functional groups attached to an aromatic ring is 1. The molecule has 0 bridgehead atoms. The van der Waals surface area contributed by atoms with Crippen LogP contribution in [0.2, 0.25) is 10.0 Å². The first-order valence-electron chi connectivity index (χ1n) is 6.25. The summed E-state index contributed by atoms with van der Waals surface area (Å²) in [6.07, 6.45) is 0.627. The van der Waals surface area contributed by atoms with Gasteiger partial charge in [-0.15, -0.1) is 0 Å². The Morgan fingerprint density at radius 1 is 1.24 bits per heavy atom. The van der Waals surface area contributed by atoms with Crippen LogP contribution in [0.1, 0.15) is 15.9 Å². The van der Waals surface area contributed by atoms with E-state index in [0.717, 1.165) is 5.56 Å². The molecule has 21 heavy (non-hydrogen) atoms. The van der Waals surface area contributed by atoms with E-state index in [4.69, 9.17) is 28.9 Å². The molecule has 0 saturated carbocycles. The minimum absolute atomic E-state index is 0.181. The summed E-state index contributed by atoms with van der Waals surface area (Å²) in [7, 11) is 0. The minimum atomic E-state index is -0.181. The maximum Gasteiger partial charge on any atom is 0.252 e. The average Bonchev–Trinajstić information content (AvgIpc) is 2.44. The maximum absolute atomic E-state index is 12.1. The van der Waals surface area contributed by atoms with E-state index >= 15 is 0 Å². The molecule has 0 aliphatic rings. The highest BCUT2D eigenvalue weighted by atomic mass is 79.9. The van der Waals surface area contributed by atoms with Crippen molar-refractivity contribution in [2.45, 2.75) is 6.42 Å². The normalized spacial score (nSPS) is 10.4. The van der Waals surface area contributed by atoms with Gasteiger partial charge in [0.15, 0.2) is 0 Å². The van der Waals surface area contributed by atoms with Crippen molar-refractivity contribution in [2.24, 2.45) is 0 Å². The molecule has 3 N–H and O–H groups in total. The fourth-order valence-electron chi connectivity index (χ4n) is 1.86. The van der Waals surface area contributed by atoms with Gasteiger partial charge in [0.2, 0.25) is 0 Å². The summed E-state index contributed by atoms with van der Waals surface area (Å²) in [6, 6.07) is 10.5. The number of anilines is 1. The van der Waals surface area contributed by atoms with Gasteiger partial charge in [-0.1, -0.05) is 35.3 Å². The van der Waals surface area contributed by atoms with Crippen molar-refractivity contribution >= 4 is 50.7 Å². The molecular formula is C15H13BrCl2N2O. The zero-order valence-electron chi connectivity index (χ0n) is 11.0. The van der Waals surface area contributed by atoms with Crippen molar-refractivity contribution in [1.29, 1.82) is 0 Å². The van der Waals surface area contributed by atoms with Crippen molar-refractivity contribution in [2.75, 3.05) is 12.3 Å². The van der Waals surface area contributed by atoms with Gasteiger partial charge >= 0.3 is 0 Å². The van der Waals surface area contributed by atoms with Gasteiger partial charge in [-0.05, 0) is 52.2 Å². The molecule has 0 atom stereocenters. The largest absolute Gasteiger partial charge is 0.398 e. The SMILES string of the molecule is Nc1cccc(C(=O)NCCc2ccc(Cl)cc2Cl)c1Br. The van der Waals surface area contributed by atoms with Gasteiger partial charge in [-0.2, -0.15) is 0 Å². The van der Waals surface area contributed by atoms with Crippen molar-refractivity contribution in [3.8, 4) is 0 Å². The molecule has 0 aliphatic heterocycles. The number of carbonyl (C=O) groups is 1. The molecule has 0 radical (unpaired) electrons. The van der Waals surface area contributed by atoms with Crippen LogP contribution in [0.4, 0.5) is 5.69 Å². The van der Waals surface area contributed by atoms with E-state index in [0.29, 0.717) is 38.7 Å². The average molecular weight is 388 g/mol. The van der Waals surface area contributed by atoms with Gasteiger partial charge < -0.3 is 11.1 Å². The van der Waals surface area contributed by atoms with Crippen LogP contribution < -0.4 is 11.1 Å². The van der Waals surface area contributed by atoms with E-state index in [1.54, 1.807) is 30.3 Å². The number of rotatable bonds is 4. The molecule has 0 aromatic heterocycles. The lowest BCUT2D eigenvalue weighted by atomic mass is 10.1. The molecule has 2 aromatic carbocycles. The van der Waals surface area contributed by atoms with Crippen molar-refractivity contribution in [1.82, 2.24) is 5.32 Å². The molecule has 0 fully saturated rings. The summed E-state index contributed by atoms with van der Waals surface area (Å²) >= 11 is 15.2. The van der Waals surface area contributed by atoms with Crippen molar-refractivity contribution in [3.63, 3.8) is 0 Å². The number of hydrogen-bond donors (Lipinski definition) is 2. The van der Waals surface area contributed by atoms with Crippen LogP contribution in [0.15, 0.2) is 40.9 Å². The first kappa shape index (κ1) is 16.1. The Morgan fingerprint density at radius 2 is 2.00 bits per heavy atom. The zero-order valence-corrected chi connectivity index (χ0v) is 14.1. The molecule has 0 spiro atoms. The van der Waals surface area contributed by atoms with Gasteiger partial charge in [-0.25, -0.2) is 0 Å². The first-order chi connectivity index (χ1) is 9.99. The summed E-state index contributed by atoms with van der Waals surface area (Å²) in [5.74, 6) is -0.181. The molecule has 0 aliphatic carbocycles. The molecule has 2 rings (SSSR count). The highest BCUT2D eigenvalue weighted by Crippen LogP contribution is 2.24. The second kappa shape index (κ2) is 7.16. The van der Waals surface area contributed by atoms with Crippen LogP contribution in [0.3, 0.4) is 0 Å². The van der Waals surface area contributed by atoms with Gasteiger partial charge in [-0.3, -0.25) is 4.79 Å². The molecule has 110 valence electrons. The molecule has 1 amide bonds. The third-order valence-corrected chi connectivity index (χ3v) is 4.44. The van der Waals surface area contributed by atoms with Crippen LogP contribution in [-0.4, -0.2) is 12.5 Å². The summed E-state index contributed by atoms with van der Waals surface area (Å²) in [6.45, 7) is 0.474. The van der Waals surface area contributed by atoms with E-state index in [2.05, 4.69) is 21.2 Å². The molecule has 2 aromatic rings. The Kier molecular flexibility index (Phi) is 5.51. The fraction of sp³-hybridized carbons (Fsp3) is 0.133. The smallest absolute Gasteiger partial charge is 0.252 e. The molecule has 6 heteroatoms. The number of halogens is 3. The topological polar surface area (TPSA) is 55.1 Å². The second-order valence-corrected chi connectivity index (χ2v) is 6.09. The predicted octanol–water partition coefficient (Wildman–Crippen LogP) is 4.31. The lowest BCUT2D eigenvalue weighted by Crippen LogP contribution is -2.26. The minimum Gasteiger partial charge on any atom is -0.398 e. The molecule has 0 saturated heterocycles. The van der Waals surface area contributed by atoms with Crippen molar-refractivity contribution < 1.29 is 4.79 Å². The Hall–Kier alpha value is -1.23. The van der Waals surface area contributed by atoms with E-state index in [-0.39, 0.29) is 5.91 Å². The monoisotopic (exact) mass is 386 g/mol.